The molecule has 0 saturated carbocycles. The van der Waals surface area contributed by atoms with Gasteiger partial charge in [0, 0.05) is 24.2 Å². The minimum atomic E-state index is -0.198. The highest BCUT2D eigenvalue weighted by atomic mass is 32.2. The summed E-state index contributed by atoms with van der Waals surface area (Å²) in [5.74, 6) is 1.98. The van der Waals surface area contributed by atoms with Crippen molar-refractivity contribution in [1.29, 1.82) is 0 Å². The Labute approximate surface area is 161 Å². The number of carbonyl (C=O) groups is 1. The van der Waals surface area contributed by atoms with Crippen LogP contribution in [0.3, 0.4) is 0 Å². The Kier molecular flexibility index (Phi) is 6.87. The minimum Gasteiger partial charge on any atom is -0.368 e. The maximum atomic E-state index is 11.9. The summed E-state index contributed by atoms with van der Waals surface area (Å²) in [5.41, 5.74) is 1.02. The number of amides is 1. The van der Waals surface area contributed by atoms with Crippen LogP contribution in [0.4, 0.5) is 5.82 Å². The molecule has 1 heterocycles. The van der Waals surface area contributed by atoms with Crippen molar-refractivity contribution >= 4 is 34.3 Å². The zero-order valence-electron chi connectivity index (χ0n) is 14.9. The van der Waals surface area contributed by atoms with Crippen LogP contribution in [-0.2, 0) is 10.5 Å². The second-order valence-corrected chi connectivity index (χ2v) is 7.04. The molecule has 1 amide bonds. The first kappa shape index (κ1) is 19.0. The average molecular weight is 382 g/mol. The standard InChI is InChI=1S/C20H22N4O2S/c25-18(14-27-13-15-7-2-1-3-8-15)21-11-6-12-22-19-16-9-4-5-10-17(16)20(26)24-23-19/h1-5,7-10H,6,11-14H2,(H,21,25)(H,22,23)(H,24,26). The Morgan fingerprint density at radius 1 is 1.00 bits per heavy atom. The van der Waals surface area contributed by atoms with Crippen LogP contribution in [0.5, 0.6) is 0 Å². The first-order valence-corrected chi connectivity index (χ1v) is 9.99. The molecule has 0 saturated heterocycles. The van der Waals surface area contributed by atoms with E-state index in [9.17, 15) is 9.59 Å². The second-order valence-electron chi connectivity index (χ2n) is 6.06. The molecule has 3 N–H and O–H groups in total. The van der Waals surface area contributed by atoms with Gasteiger partial charge in [0.2, 0.25) is 5.91 Å². The van der Waals surface area contributed by atoms with E-state index in [1.165, 1.54) is 5.56 Å². The molecule has 3 rings (SSSR count). The number of fused-ring (bicyclic) bond motifs is 1. The van der Waals surface area contributed by atoms with Crippen molar-refractivity contribution in [2.45, 2.75) is 12.2 Å². The van der Waals surface area contributed by atoms with Gasteiger partial charge in [0.05, 0.1) is 11.1 Å². The molecule has 0 bridgehead atoms. The van der Waals surface area contributed by atoms with Crippen LogP contribution >= 0.6 is 11.8 Å². The molecular formula is C20H22N4O2S. The van der Waals surface area contributed by atoms with Gasteiger partial charge in [-0.05, 0) is 18.1 Å². The number of anilines is 1. The molecule has 0 spiro atoms. The van der Waals surface area contributed by atoms with Crippen LogP contribution < -0.4 is 16.2 Å². The van der Waals surface area contributed by atoms with E-state index in [1.54, 1.807) is 17.8 Å². The van der Waals surface area contributed by atoms with Crippen molar-refractivity contribution in [3.8, 4) is 0 Å². The Balaban J connectivity index is 1.35. The topological polar surface area (TPSA) is 86.9 Å². The van der Waals surface area contributed by atoms with Crippen molar-refractivity contribution in [3.63, 3.8) is 0 Å². The van der Waals surface area contributed by atoms with Crippen LogP contribution in [-0.4, -0.2) is 34.9 Å². The Morgan fingerprint density at radius 2 is 1.74 bits per heavy atom. The van der Waals surface area contributed by atoms with Crippen molar-refractivity contribution in [3.05, 3.63) is 70.5 Å². The van der Waals surface area contributed by atoms with Gasteiger partial charge >= 0.3 is 0 Å². The maximum absolute atomic E-state index is 11.9. The Hall–Kier alpha value is -2.80. The normalized spacial score (nSPS) is 10.7. The predicted octanol–water partition coefficient (Wildman–Crippen LogP) is 2.77. The molecule has 0 aliphatic carbocycles. The number of nitrogens with one attached hydrogen (secondary N) is 3. The first-order valence-electron chi connectivity index (χ1n) is 8.84. The summed E-state index contributed by atoms with van der Waals surface area (Å²) in [7, 11) is 0. The third-order valence-corrected chi connectivity index (χ3v) is 5.01. The Bertz CT molecular complexity index is 943. The Morgan fingerprint density at radius 3 is 2.56 bits per heavy atom. The third-order valence-electron chi connectivity index (χ3n) is 4.01. The van der Waals surface area contributed by atoms with Crippen molar-refractivity contribution in [1.82, 2.24) is 15.5 Å². The van der Waals surface area contributed by atoms with E-state index in [1.807, 2.05) is 36.4 Å². The van der Waals surface area contributed by atoms with E-state index in [0.29, 0.717) is 30.0 Å². The number of nitrogens with zero attached hydrogens (tertiary/aromatic N) is 1. The van der Waals surface area contributed by atoms with Crippen LogP contribution in [0.25, 0.3) is 10.8 Å². The van der Waals surface area contributed by atoms with Crippen LogP contribution in [0.15, 0.2) is 59.4 Å². The average Bonchev–Trinajstić information content (AvgIpc) is 2.70. The van der Waals surface area contributed by atoms with Gasteiger partial charge < -0.3 is 10.6 Å². The van der Waals surface area contributed by atoms with Crippen LogP contribution in [0.1, 0.15) is 12.0 Å². The maximum Gasteiger partial charge on any atom is 0.272 e. The van der Waals surface area contributed by atoms with Gasteiger partial charge in [-0.3, -0.25) is 9.59 Å². The van der Waals surface area contributed by atoms with E-state index >= 15 is 0 Å². The van der Waals surface area contributed by atoms with Crippen molar-refractivity contribution in [2.24, 2.45) is 0 Å². The number of aromatic nitrogens is 2. The van der Waals surface area contributed by atoms with Crippen molar-refractivity contribution < 1.29 is 4.79 Å². The highest BCUT2D eigenvalue weighted by Crippen LogP contribution is 2.16. The van der Waals surface area contributed by atoms with Gasteiger partial charge in [-0.1, -0.05) is 48.5 Å². The summed E-state index contributed by atoms with van der Waals surface area (Å²) in [4.78, 5) is 23.6. The molecule has 0 aliphatic heterocycles. The van der Waals surface area contributed by atoms with E-state index in [0.717, 1.165) is 17.6 Å². The van der Waals surface area contributed by atoms with Crippen LogP contribution in [0.2, 0.25) is 0 Å². The summed E-state index contributed by atoms with van der Waals surface area (Å²) in [6.45, 7) is 1.25. The zero-order valence-corrected chi connectivity index (χ0v) is 15.7. The molecule has 1 aromatic heterocycles. The van der Waals surface area contributed by atoms with Gasteiger partial charge in [-0.15, -0.1) is 11.8 Å². The van der Waals surface area contributed by atoms with Crippen molar-refractivity contribution in [2.75, 3.05) is 24.2 Å². The van der Waals surface area contributed by atoms with Gasteiger partial charge in [0.1, 0.15) is 0 Å². The smallest absolute Gasteiger partial charge is 0.272 e. The quantitative estimate of drug-likeness (QED) is 0.496. The molecule has 3 aromatic rings. The molecular weight excluding hydrogens is 360 g/mol. The first-order chi connectivity index (χ1) is 13.2. The van der Waals surface area contributed by atoms with E-state index in [-0.39, 0.29) is 11.5 Å². The lowest BCUT2D eigenvalue weighted by Crippen LogP contribution is -2.27. The summed E-state index contributed by atoms with van der Waals surface area (Å²) < 4.78 is 0. The second kappa shape index (κ2) is 9.78. The van der Waals surface area contributed by atoms with Gasteiger partial charge in [-0.2, -0.15) is 5.10 Å². The summed E-state index contributed by atoms with van der Waals surface area (Å²) in [5, 5.41) is 14.1. The van der Waals surface area contributed by atoms with Gasteiger partial charge in [0.25, 0.3) is 5.56 Å². The number of aromatic amines is 1. The number of rotatable bonds is 9. The molecule has 0 unspecified atom stereocenters. The van der Waals surface area contributed by atoms with Gasteiger partial charge in [0.15, 0.2) is 5.82 Å². The lowest BCUT2D eigenvalue weighted by molar-refractivity contribution is -0.118. The van der Waals surface area contributed by atoms with Gasteiger partial charge in [-0.25, -0.2) is 5.10 Å². The number of thioether (sulfide) groups is 1. The highest BCUT2D eigenvalue weighted by Gasteiger charge is 2.05. The molecule has 6 nitrogen and oxygen atoms in total. The largest absolute Gasteiger partial charge is 0.368 e. The fraction of sp³-hybridized carbons (Fsp3) is 0.250. The van der Waals surface area contributed by atoms with E-state index in [4.69, 9.17) is 0 Å². The molecule has 7 heteroatoms. The fourth-order valence-electron chi connectivity index (χ4n) is 2.66. The summed E-state index contributed by atoms with van der Waals surface area (Å²) in [6.07, 6.45) is 0.768. The predicted molar refractivity (Wildman–Crippen MR) is 111 cm³/mol. The molecule has 0 fully saturated rings. The lowest BCUT2D eigenvalue weighted by atomic mass is 10.2. The third kappa shape index (κ3) is 5.59. The number of hydrogen-bond acceptors (Lipinski definition) is 5. The summed E-state index contributed by atoms with van der Waals surface area (Å²) in [6, 6.07) is 17.5. The molecule has 27 heavy (non-hydrogen) atoms. The zero-order chi connectivity index (χ0) is 18.9. The summed E-state index contributed by atoms with van der Waals surface area (Å²) >= 11 is 1.61. The molecule has 2 aromatic carbocycles. The molecule has 0 atom stereocenters. The molecule has 140 valence electrons. The van der Waals surface area contributed by atoms with E-state index < -0.39 is 0 Å². The number of carbonyl (C=O) groups excluding carboxylic acids is 1. The molecule has 0 radical (unpaired) electrons. The number of benzene rings is 2. The highest BCUT2D eigenvalue weighted by molar-refractivity contribution is 7.99. The monoisotopic (exact) mass is 382 g/mol. The van der Waals surface area contributed by atoms with E-state index in [2.05, 4.69) is 33.0 Å². The lowest BCUT2D eigenvalue weighted by Gasteiger charge is -2.09. The number of H-pyrrole nitrogens is 1. The minimum absolute atomic E-state index is 0.0450. The number of hydrogen-bond donors (Lipinski definition) is 3. The SMILES string of the molecule is O=C(CSCc1ccccc1)NCCCNc1n[nH]c(=O)c2ccccc12. The fourth-order valence-corrected chi connectivity index (χ4v) is 3.48. The molecule has 0 aliphatic rings. The van der Waals surface area contributed by atoms with Crippen LogP contribution in [0, 0.1) is 0 Å².